The highest BCUT2D eigenvalue weighted by atomic mass is 32.1. The van der Waals surface area contributed by atoms with Crippen molar-refractivity contribution >= 4 is 23.0 Å². The van der Waals surface area contributed by atoms with E-state index in [9.17, 15) is 0 Å². The smallest absolute Gasteiger partial charge is 0.171 e. The second kappa shape index (κ2) is 7.94. The highest BCUT2D eigenvalue weighted by Gasteiger charge is 2.06. The third-order valence-corrected chi connectivity index (χ3v) is 4.27. The molecule has 2 heterocycles. The fourth-order valence-electron chi connectivity index (χ4n) is 2.61. The monoisotopic (exact) mass is 354 g/mol. The topological polar surface area (TPSA) is 59.7 Å². The Bertz CT molecular complexity index is 836. The Balaban J connectivity index is 1.52. The van der Waals surface area contributed by atoms with Crippen LogP contribution in [0.2, 0.25) is 0 Å². The molecule has 0 unspecified atom stereocenters. The van der Waals surface area contributed by atoms with Gasteiger partial charge in [0.25, 0.3) is 0 Å². The number of rotatable bonds is 6. The van der Waals surface area contributed by atoms with E-state index in [2.05, 4.69) is 46.8 Å². The van der Waals surface area contributed by atoms with Crippen molar-refractivity contribution in [1.29, 1.82) is 0 Å². The maximum Gasteiger partial charge on any atom is 0.171 e. The molecule has 0 fully saturated rings. The van der Waals surface area contributed by atoms with E-state index >= 15 is 0 Å². The molecule has 2 N–H and O–H groups in total. The molecule has 25 heavy (non-hydrogen) atoms. The van der Waals surface area contributed by atoms with Gasteiger partial charge in [0.05, 0.1) is 24.6 Å². The first kappa shape index (κ1) is 17.2. The van der Waals surface area contributed by atoms with Crippen LogP contribution in [0.4, 0.5) is 5.69 Å². The predicted octanol–water partition coefficient (Wildman–Crippen LogP) is 2.94. The average Bonchev–Trinajstić information content (AvgIpc) is 3.20. The zero-order valence-electron chi connectivity index (χ0n) is 14.4. The van der Waals surface area contributed by atoms with Crippen molar-refractivity contribution < 1.29 is 0 Å². The Kier molecular flexibility index (Phi) is 5.45. The Hall–Kier alpha value is -2.67. The summed E-state index contributed by atoms with van der Waals surface area (Å²) in [6.07, 6.45) is 5.60. The highest BCUT2D eigenvalue weighted by molar-refractivity contribution is 7.80. The van der Waals surface area contributed by atoms with Crippen molar-refractivity contribution in [1.82, 2.24) is 24.9 Å². The van der Waals surface area contributed by atoms with Crippen molar-refractivity contribution in [2.75, 3.05) is 5.32 Å². The van der Waals surface area contributed by atoms with Gasteiger partial charge in [0.2, 0.25) is 0 Å². The molecule has 0 aliphatic carbocycles. The third-order valence-electron chi connectivity index (χ3n) is 4.02. The Morgan fingerprint density at radius 1 is 1.16 bits per heavy atom. The Morgan fingerprint density at radius 3 is 2.68 bits per heavy atom. The fraction of sp³-hybridized carbons (Fsp3) is 0.278. The van der Waals surface area contributed by atoms with E-state index in [1.54, 1.807) is 6.20 Å². The van der Waals surface area contributed by atoms with Gasteiger partial charge in [0.15, 0.2) is 5.11 Å². The van der Waals surface area contributed by atoms with Gasteiger partial charge in [-0.25, -0.2) is 0 Å². The lowest BCUT2D eigenvalue weighted by Gasteiger charge is -2.09. The molecule has 0 spiro atoms. The molecule has 0 amide bonds. The average molecular weight is 354 g/mol. The molecular weight excluding hydrogens is 332 g/mol. The van der Waals surface area contributed by atoms with Crippen LogP contribution in [0.5, 0.6) is 0 Å². The summed E-state index contributed by atoms with van der Waals surface area (Å²) in [6.45, 7) is 6.40. The van der Waals surface area contributed by atoms with Crippen LogP contribution in [0, 0.1) is 6.92 Å². The van der Waals surface area contributed by atoms with E-state index < -0.39 is 0 Å². The number of anilines is 1. The summed E-state index contributed by atoms with van der Waals surface area (Å²) in [5, 5.41) is 15.7. The summed E-state index contributed by atoms with van der Waals surface area (Å²) in [5.74, 6) is 0. The number of benzene rings is 1. The minimum absolute atomic E-state index is 0.572. The fourth-order valence-corrected chi connectivity index (χ4v) is 2.80. The van der Waals surface area contributed by atoms with Crippen LogP contribution in [0.25, 0.3) is 0 Å². The first-order valence-corrected chi connectivity index (χ1v) is 8.69. The Labute approximate surface area is 152 Å². The van der Waals surface area contributed by atoms with Crippen LogP contribution in [-0.4, -0.2) is 24.7 Å². The van der Waals surface area contributed by atoms with E-state index in [0.717, 1.165) is 30.0 Å². The summed E-state index contributed by atoms with van der Waals surface area (Å²) < 4.78 is 3.86. The van der Waals surface area contributed by atoms with Crippen LogP contribution < -0.4 is 10.6 Å². The molecule has 0 bridgehead atoms. The molecule has 2 aromatic heterocycles. The normalized spacial score (nSPS) is 10.6. The molecule has 7 heteroatoms. The van der Waals surface area contributed by atoms with E-state index in [-0.39, 0.29) is 0 Å². The number of aryl methyl sites for hydroxylation is 1. The standard InChI is InChI=1S/C18H22N6S/c1-3-24-14(2)16(10-21-24)9-19-18(25)22-17-11-20-23(13-17)12-15-7-5-4-6-8-15/h4-8,10-11,13H,3,9,12H2,1-2H3,(H2,19,22,25). The van der Waals surface area contributed by atoms with Gasteiger partial charge in [-0.2, -0.15) is 10.2 Å². The molecule has 6 nitrogen and oxygen atoms in total. The van der Waals surface area contributed by atoms with Crippen molar-refractivity contribution in [3.05, 3.63) is 65.7 Å². The summed E-state index contributed by atoms with van der Waals surface area (Å²) in [4.78, 5) is 0. The van der Waals surface area contributed by atoms with Crippen molar-refractivity contribution in [3.63, 3.8) is 0 Å². The summed E-state index contributed by atoms with van der Waals surface area (Å²) in [7, 11) is 0. The molecule has 0 aliphatic heterocycles. The zero-order chi connectivity index (χ0) is 17.6. The van der Waals surface area contributed by atoms with Crippen LogP contribution in [-0.2, 0) is 19.6 Å². The van der Waals surface area contributed by atoms with Gasteiger partial charge in [-0.05, 0) is 31.6 Å². The SMILES string of the molecule is CCn1ncc(CNC(=S)Nc2cnn(Cc3ccccc3)c2)c1C. The first-order valence-electron chi connectivity index (χ1n) is 8.28. The van der Waals surface area contributed by atoms with Gasteiger partial charge in [0, 0.05) is 30.5 Å². The quantitative estimate of drug-likeness (QED) is 0.667. The molecule has 0 atom stereocenters. The van der Waals surface area contributed by atoms with Gasteiger partial charge >= 0.3 is 0 Å². The van der Waals surface area contributed by atoms with Crippen LogP contribution in [0.1, 0.15) is 23.7 Å². The maximum absolute atomic E-state index is 5.37. The van der Waals surface area contributed by atoms with Crippen molar-refractivity contribution in [3.8, 4) is 0 Å². The van der Waals surface area contributed by atoms with Gasteiger partial charge < -0.3 is 10.6 Å². The molecule has 3 aromatic rings. The molecule has 0 saturated heterocycles. The molecule has 3 rings (SSSR count). The number of hydrogen-bond donors (Lipinski definition) is 2. The van der Waals surface area contributed by atoms with E-state index in [0.29, 0.717) is 11.7 Å². The van der Waals surface area contributed by atoms with Gasteiger partial charge in [0.1, 0.15) is 0 Å². The van der Waals surface area contributed by atoms with Crippen molar-refractivity contribution in [2.45, 2.75) is 33.5 Å². The molecule has 1 aromatic carbocycles. The lowest BCUT2D eigenvalue weighted by atomic mass is 10.2. The maximum atomic E-state index is 5.37. The minimum Gasteiger partial charge on any atom is -0.358 e. The van der Waals surface area contributed by atoms with Gasteiger partial charge in [-0.15, -0.1) is 0 Å². The minimum atomic E-state index is 0.572. The number of nitrogens with one attached hydrogen (secondary N) is 2. The number of aromatic nitrogens is 4. The van der Waals surface area contributed by atoms with Crippen molar-refractivity contribution in [2.24, 2.45) is 0 Å². The second-order valence-corrected chi connectivity index (χ2v) is 6.20. The largest absolute Gasteiger partial charge is 0.358 e. The highest BCUT2D eigenvalue weighted by Crippen LogP contribution is 2.09. The first-order chi connectivity index (χ1) is 12.2. The molecule has 0 saturated carbocycles. The molecule has 0 radical (unpaired) electrons. The lowest BCUT2D eigenvalue weighted by molar-refractivity contribution is 0.638. The Morgan fingerprint density at radius 2 is 1.96 bits per heavy atom. The number of thiocarbonyl (C=S) groups is 1. The number of nitrogens with zero attached hydrogens (tertiary/aromatic N) is 4. The zero-order valence-corrected chi connectivity index (χ0v) is 15.3. The molecular formula is C18H22N6S. The molecule has 130 valence electrons. The molecule has 0 aliphatic rings. The van der Waals surface area contributed by atoms with Gasteiger partial charge in [-0.3, -0.25) is 9.36 Å². The summed E-state index contributed by atoms with van der Waals surface area (Å²) >= 11 is 5.37. The van der Waals surface area contributed by atoms with E-state index in [1.165, 1.54) is 5.56 Å². The lowest BCUT2D eigenvalue weighted by Crippen LogP contribution is -2.27. The van der Waals surface area contributed by atoms with Crippen LogP contribution >= 0.6 is 12.2 Å². The third kappa shape index (κ3) is 4.45. The summed E-state index contributed by atoms with van der Waals surface area (Å²) in [5.41, 5.74) is 4.38. The van der Waals surface area contributed by atoms with E-state index in [1.807, 2.05) is 40.0 Å². The number of hydrogen-bond acceptors (Lipinski definition) is 3. The van der Waals surface area contributed by atoms with Gasteiger partial charge in [-0.1, -0.05) is 30.3 Å². The van der Waals surface area contributed by atoms with E-state index in [4.69, 9.17) is 12.2 Å². The second-order valence-electron chi connectivity index (χ2n) is 5.79. The predicted molar refractivity (Wildman–Crippen MR) is 103 cm³/mol. The summed E-state index contributed by atoms with van der Waals surface area (Å²) in [6, 6.07) is 10.2. The van der Waals surface area contributed by atoms with Crippen LogP contribution in [0.15, 0.2) is 48.9 Å². The van der Waals surface area contributed by atoms with Crippen LogP contribution in [0.3, 0.4) is 0 Å².